The minimum atomic E-state index is 0.359. The molecule has 20 heavy (non-hydrogen) atoms. The number of halogens is 1. The third-order valence-electron chi connectivity index (χ3n) is 3.47. The lowest BCUT2D eigenvalue weighted by molar-refractivity contribution is 0.109. The van der Waals surface area contributed by atoms with Gasteiger partial charge in [0.05, 0.1) is 12.6 Å². The lowest BCUT2D eigenvalue weighted by Crippen LogP contribution is -2.25. The number of ether oxygens (including phenoxy) is 1. The van der Waals surface area contributed by atoms with Gasteiger partial charge in [0.25, 0.3) is 0 Å². The zero-order valence-corrected chi connectivity index (χ0v) is 12.0. The van der Waals surface area contributed by atoms with Crippen molar-refractivity contribution in [3.8, 4) is 11.3 Å². The van der Waals surface area contributed by atoms with Crippen LogP contribution in [0.15, 0.2) is 40.8 Å². The standard InChI is InChI=1S/C16H18ClNO2/c17-13-4-1-3-12(9-13)16-7-6-15(20-16)11-18-10-14-5-2-8-19-14/h1,3-4,6-7,9,14,18H,2,5,8,10-11H2/t14-/m0/s1. The molecule has 0 saturated carbocycles. The predicted molar refractivity (Wildman–Crippen MR) is 79.8 cm³/mol. The maximum Gasteiger partial charge on any atom is 0.134 e. The van der Waals surface area contributed by atoms with Crippen LogP contribution < -0.4 is 5.32 Å². The van der Waals surface area contributed by atoms with E-state index in [1.54, 1.807) is 0 Å². The summed E-state index contributed by atoms with van der Waals surface area (Å²) in [6, 6.07) is 11.7. The van der Waals surface area contributed by atoms with Gasteiger partial charge in [-0.1, -0.05) is 23.7 Å². The summed E-state index contributed by atoms with van der Waals surface area (Å²) in [6.07, 6.45) is 2.68. The molecule has 0 amide bonds. The monoisotopic (exact) mass is 291 g/mol. The fourth-order valence-electron chi connectivity index (χ4n) is 2.43. The zero-order chi connectivity index (χ0) is 13.8. The van der Waals surface area contributed by atoms with Crippen molar-refractivity contribution >= 4 is 11.6 Å². The van der Waals surface area contributed by atoms with E-state index < -0.39 is 0 Å². The summed E-state index contributed by atoms with van der Waals surface area (Å²) in [5.74, 6) is 1.78. The highest BCUT2D eigenvalue weighted by Gasteiger charge is 2.14. The average molecular weight is 292 g/mol. The molecule has 1 aromatic heterocycles. The SMILES string of the molecule is Clc1cccc(-c2ccc(CNC[C@@H]3CCCO3)o2)c1. The van der Waals surface area contributed by atoms with Crippen molar-refractivity contribution in [2.24, 2.45) is 0 Å². The molecule has 0 radical (unpaired) electrons. The Morgan fingerprint density at radius 2 is 2.20 bits per heavy atom. The number of furan rings is 1. The Labute approximate surface area is 123 Å². The van der Waals surface area contributed by atoms with Crippen LogP contribution in [0.2, 0.25) is 5.02 Å². The van der Waals surface area contributed by atoms with Crippen molar-refractivity contribution in [2.75, 3.05) is 13.2 Å². The largest absolute Gasteiger partial charge is 0.460 e. The fourth-order valence-corrected chi connectivity index (χ4v) is 2.62. The minimum absolute atomic E-state index is 0.359. The maximum absolute atomic E-state index is 5.99. The van der Waals surface area contributed by atoms with Crippen LogP contribution in [-0.2, 0) is 11.3 Å². The highest BCUT2D eigenvalue weighted by molar-refractivity contribution is 6.30. The molecule has 2 heterocycles. The molecule has 0 spiro atoms. The number of nitrogens with one attached hydrogen (secondary N) is 1. The third kappa shape index (κ3) is 3.42. The van der Waals surface area contributed by atoms with Gasteiger partial charge in [-0.3, -0.25) is 0 Å². The van der Waals surface area contributed by atoms with E-state index >= 15 is 0 Å². The van der Waals surface area contributed by atoms with Gasteiger partial charge < -0.3 is 14.5 Å². The number of rotatable bonds is 5. The van der Waals surface area contributed by atoms with Gasteiger partial charge in [0.15, 0.2) is 0 Å². The molecule has 3 rings (SSSR count). The molecule has 0 aliphatic carbocycles. The topological polar surface area (TPSA) is 34.4 Å². The summed E-state index contributed by atoms with van der Waals surface area (Å²) in [5.41, 5.74) is 1.00. The first-order chi connectivity index (χ1) is 9.81. The van der Waals surface area contributed by atoms with Crippen LogP contribution in [0.4, 0.5) is 0 Å². The van der Waals surface area contributed by atoms with E-state index in [1.165, 1.54) is 6.42 Å². The second-order valence-electron chi connectivity index (χ2n) is 5.04. The first-order valence-electron chi connectivity index (χ1n) is 6.98. The van der Waals surface area contributed by atoms with Crippen LogP contribution in [0.5, 0.6) is 0 Å². The van der Waals surface area contributed by atoms with Crippen LogP contribution in [-0.4, -0.2) is 19.3 Å². The summed E-state index contributed by atoms with van der Waals surface area (Å²) in [5, 5.41) is 4.09. The molecular formula is C16H18ClNO2. The lowest BCUT2D eigenvalue weighted by atomic mass is 10.2. The molecule has 4 heteroatoms. The first-order valence-corrected chi connectivity index (χ1v) is 7.36. The highest BCUT2D eigenvalue weighted by atomic mass is 35.5. The second kappa shape index (κ2) is 6.44. The van der Waals surface area contributed by atoms with Crippen LogP contribution >= 0.6 is 11.6 Å². The fraction of sp³-hybridized carbons (Fsp3) is 0.375. The smallest absolute Gasteiger partial charge is 0.134 e. The van der Waals surface area contributed by atoms with Gasteiger partial charge >= 0.3 is 0 Å². The Bertz CT molecular complexity index is 561. The Hall–Kier alpha value is -1.29. The van der Waals surface area contributed by atoms with Gasteiger partial charge in [-0.25, -0.2) is 0 Å². The maximum atomic E-state index is 5.99. The van der Waals surface area contributed by atoms with E-state index in [4.69, 9.17) is 20.8 Å². The third-order valence-corrected chi connectivity index (χ3v) is 3.70. The molecule has 2 aromatic rings. The van der Waals surface area contributed by atoms with Crippen LogP contribution in [0.25, 0.3) is 11.3 Å². The van der Waals surface area contributed by atoms with Crippen molar-refractivity contribution in [1.82, 2.24) is 5.32 Å². The van der Waals surface area contributed by atoms with Crippen molar-refractivity contribution < 1.29 is 9.15 Å². The molecule has 1 aromatic carbocycles. The van der Waals surface area contributed by atoms with Gasteiger partial charge in [-0.05, 0) is 37.1 Å². The van der Waals surface area contributed by atoms with Crippen LogP contribution in [0.3, 0.4) is 0 Å². The van der Waals surface area contributed by atoms with Crippen LogP contribution in [0.1, 0.15) is 18.6 Å². The number of hydrogen-bond donors (Lipinski definition) is 1. The summed E-state index contributed by atoms with van der Waals surface area (Å²) in [7, 11) is 0. The molecule has 1 saturated heterocycles. The summed E-state index contributed by atoms with van der Waals surface area (Å²) in [6.45, 7) is 2.50. The molecule has 1 aliphatic heterocycles. The predicted octanol–water partition coefficient (Wildman–Crippen LogP) is 3.87. The average Bonchev–Trinajstić information content (AvgIpc) is 3.10. The number of hydrogen-bond acceptors (Lipinski definition) is 3. The quantitative estimate of drug-likeness (QED) is 0.908. The number of benzene rings is 1. The summed E-state index contributed by atoms with van der Waals surface area (Å²) in [4.78, 5) is 0. The summed E-state index contributed by atoms with van der Waals surface area (Å²) >= 11 is 5.99. The van der Waals surface area contributed by atoms with Crippen LogP contribution in [0, 0.1) is 0 Å². The molecule has 1 N–H and O–H groups in total. The van der Waals surface area contributed by atoms with E-state index in [1.807, 2.05) is 36.4 Å². The van der Waals surface area contributed by atoms with E-state index in [9.17, 15) is 0 Å². The molecule has 1 aliphatic rings. The minimum Gasteiger partial charge on any atom is -0.460 e. The molecule has 106 valence electrons. The van der Waals surface area contributed by atoms with Gasteiger partial charge in [0, 0.05) is 23.7 Å². The molecule has 1 fully saturated rings. The Morgan fingerprint density at radius 1 is 1.25 bits per heavy atom. The highest BCUT2D eigenvalue weighted by Crippen LogP contribution is 2.24. The summed E-state index contributed by atoms with van der Waals surface area (Å²) < 4.78 is 11.4. The first kappa shape index (κ1) is 13.7. The molecule has 0 unspecified atom stereocenters. The van der Waals surface area contributed by atoms with Crippen molar-refractivity contribution in [3.05, 3.63) is 47.2 Å². The molecular weight excluding hydrogens is 274 g/mol. The van der Waals surface area contributed by atoms with Crippen molar-refractivity contribution in [1.29, 1.82) is 0 Å². The van der Waals surface area contributed by atoms with Gasteiger partial charge in [-0.15, -0.1) is 0 Å². The lowest BCUT2D eigenvalue weighted by Gasteiger charge is -2.09. The second-order valence-corrected chi connectivity index (χ2v) is 5.48. The van der Waals surface area contributed by atoms with Gasteiger partial charge in [-0.2, -0.15) is 0 Å². The van der Waals surface area contributed by atoms with Crippen molar-refractivity contribution in [3.63, 3.8) is 0 Å². The van der Waals surface area contributed by atoms with E-state index in [0.717, 1.165) is 48.2 Å². The van der Waals surface area contributed by atoms with Crippen molar-refractivity contribution in [2.45, 2.75) is 25.5 Å². The van der Waals surface area contributed by atoms with E-state index in [2.05, 4.69) is 5.32 Å². The molecule has 0 bridgehead atoms. The Balaban J connectivity index is 1.56. The van der Waals surface area contributed by atoms with E-state index in [-0.39, 0.29) is 0 Å². The zero-order valence-electron chi connectivity index (χ0n) is 11.3. The van der Waals surface area contributed by atoms with Gasteiger partial charge in [0.1, 0.15) is 11.5 Å². The molecule has 3 nitrogen and oxygen atoms in total. The Morgan fingerprint density at radius 3 is 3.00 bits per heavy atom. The van der Waals surface area contributed by atoms with Gasteiger partial charge in [0.2, 0.25) is 0 Å². The molecule has 1 atom stereocenters. The Kier molecular flexibility index (Phi) is 4.41. The normalized spacial score (nSPS) is 18.6. The van der Waals surface area contributed by atoms with E-state index in [0.29, 0.717) is 6.10 Å².